The number of Topliss-reactive ketones (excluding diaryl/α,β-unsaturated/α-hetero) is 1. The number of carboxylic acid groups (broad SMARTS) is 1. The van der Waals surface area contributed by atoms with E-state index >= 15 is 0 Å². The summed E-state index contributed by atoms with van der Waals surface area (Å²) in [5.74, 6) is -6.13. The van der Waals surface area contributed by atoms with Gasteiger partial charge in [0, 0.05) is 11.5 Å². The predicted molar refractivity (Wildman–Crippen MR) is 56.6 cm³/mol. The van der Waals surface area contributed by atoms with Crippen LogP contribution in [0.3, 0.4) is 0 Å². The largest absolute Gasteiger partial charge is 0.481 e. The third-order valence-electron chi connectivity index (χ3n) is 2.66. The maximum atomic E-state index is 13.4. The molecule has 0 spiro atoms. The minimum absolute atomic E-state index is 0.384. The van der Waals surface area contributed by atoms with Crippen LogP contribution >= 0.6 is 0 Å². The van der Waals surface area contributed by atoms with Gasteiger partial charge in [-0.05, 0) is 19.1 Å². The quantitative estimate of drug-likeness (QED) is 0.824. The van der Waals surface area contributed by atoms with Gasteiger partial charge in [-0.2, -0.15) is 0 Å². The number of hydrogen-bond acceptors (Lipinski definition) is 2. The monoisotopic (exact) mass is 242 g/mol. The molecule has 0 heterocycles. The average Bonchev–Trinajstić information content (AvgIpc) is 2.26. The zero-order valence-electron chi connectivity index (χ0n) is 9.41. The number of halogens is 2. The number of rotatable bonds is 4. The predicted octanol–water partition coefficient (Wildman–Crippen LogP) is 2.36. The van der Waals surface area contributed by atoms with Gasteiger partial charge in [-0.3, -0.25) is 9.59 Å². The second-order valence-electron chi connectivity index (χ2n) is 3.82. The zero-order valence-corrected chi connectivity index (χ0v) is 9.41. The van der Waals surface area contributed by atoms with Gasteiger partial charge < -0.3 is 5.11 Å². The van der Waals surface area contributed by atoms with Crippen LogP contribution in [-0.2, 0) is 9.59 Å². The van der Waals surface area contributed by atoms with Gasteiger partial charge in [0.1, 0.15) is 17.6 Å². The first-order valence-electron chi connectivity index (χ1n) is 5.06. The maximum absolute atomic E-state index is 13.4. The van der Waals surface area contributed by atoms with E-state index < -0.39 is 35.2 Å². The van der Waals surface area contributed by atoms with E-state index in [2.05, 4.69) is 0 Å². The molecule has 0 amide bonds. The van der Waals surface area contributed by atoms with Crippen molar-refractivity contribution in [1.29, 1.82) is 0 Å². The molecule has 1 rings (SSSR count). The summed E-state index contributed by atoms with van der Waals surface area (Å²) in [4.78, 5) is 22.3. The Morgan fingerprint density at radius 3 is 2.06 bits per heavy atom. The fourth-order valence-electron chi connectivity index (χ4n) is 1.56. The molecule has 1 aromatic carbocycles. The number of hydrogen-bond donors (Lipinski definition) is 1. The Labute approximate surface area is 97.1 Å². The molecule has 0 fully saturated rings. The fraction of sp³-hybridized carbons (Fsp3) is 0.333. The first kappa shape index (κ1) is 13.3. The Bertz CT molecular complexity index is 437. The van der Waals surface area contributed by atoms with E-state index in [9.17, 15) is 18.4 Å². The summed E-state index contributed by atoms with van der Waals surface area (Å²) < 4.78 is 26.8. The van der Waals surface area contributed by atoms with Gasteiger partial charge in [0.05, 0.1) is 0 Å². The molecule has 0 aliphatic heterocycles. The SMILES string of the molecule is CC(C(=O)O)C(=O)C(C)c1c(F)cccc1F. The normalized spacial score (nSPS) is 14.1. The zero-order chi connectivity index (χ0) is 13.2. The Morgan fingerprint density at radius 2 is 1.65 bits per heavy atom. The molecule has 0 bridgehead atoms. The molecule has 3 nitrogen and oxygen atoms in total. The highest BCUT2D eigenvalue weighted by molar-refractivity contribution is 6.01. The smallest absolute Gasteiger partial charge is 0.313 e. The Morgan fingerprint density at radius 1 is 1.18 bits per heavy atom. The van der Waals surface area contributed by atoms with Crippen LogP contribution in [0.5, 0.6) is 0 Å². The number of ketones is 1. The fourth-order valence-corrected chi connectivity index (χ4v) is 1.56. The summed E-state index contributed by atoms with van der Waals surface area (Å²) in [6.45, 7) is 2.49. The van der Waals surface area contributed by atoms with Crippen LogP contribution in [0.15, 0.2) is 18.2 Å². The molecule has 1 N–H and O–H groups in total. The maximum Gasteiger partial charge on any atom is 0.313 e. The van der Waals surface area contributed by atoms with Crippen molar-refractivity contribution in [3.63, 3.8) is 0 Å². The van der Waals surface area contributed by atoms with Crippen molar-refractivity contribution < 1.29 is 23.5 Å². The Kier molecular flexibility index (Phi) is 3.93. The third-order valence-corrected chi connectivity index (χ3v) is 2.66. The van der Waals surface area contributed by atoms with Crippen LogP contribution in [0, 0.1) is 17.6 Å². The minimum atomic E-state index is -1.31. The molecule has 2 unspecified atom stereocenters. The van der Waals surface area contributed by atoms with Crippen LogP contribution < -0.4 is 0 Å². The highest BCUT2D eigenvalue weighted by atomic mass is 19.1. The van der Waals surface area contributed by atoms with Crippen molar-refractivity contribution in [3.8, 4) is 0 Å². The molecule has 0 radical (unpaired) electrons. The van der Waals surface area contributed by atoms with Gasteiger partial charge >= 0.3 is 5.97 Å². The molecule has 5 heteroatoms. The van der Waals surface area contributed by atoms with E-state index in [1.807, 2.05) is 0 Å². The van der Waals surface area contributed by atoms with Crippen molar-refractivity contribution in [2.24, 2.45) is 5.92 Å². The molecule has 1 aromatic rings. The highest BCUT2D eigenvalue weighted by Crippen LogP contribution is 2.25. The number of aliphatic carboxylic acids is 1. The van der Waals surface area contributed by atoms with E-state index in [1.54, 1.807) is 0 Å². The molecule has 0 saturated heterocycles. The summed E-state index contributed by atoms with van der Waals surface area (Å²) in [5.41, 5.74) is -0.384. The number of benzene rings is 1. The van der Waals surface area contributed by atoms with Gasteiger partial charge in [0.25, 0.3) is 0 Å². The van der Waals surface area contributed by atoms with Gasteiger partial charge in [0.2, 0.25) is 0 Å². The molecule has 17 heavy (non-hydrogen) atoms. The lowest BCUT2D eigenvalue weighted by Gasteiger charge is -2.15. The van der Waals surface area contributed by atoms with Crippen molar-refractivity contribution in [1.82, 2.24) is 0 Å². The van der Waals surface area contributed by atoms with Crippen LogP contribution in [-0.4, -0.2) is 16.9 Å². The van der Waals surface area contributed by atoms with Crippen LogP contribution in [0.25, 0.3) is 0 Å². The second kappa shape index (κ2) is 5.03. The molecule has 92 valence electrons. The lowest BCUT2D eigenvalue weighted by atomic mass is 9.89. The van der Waals surface area contributed by atoms with Gasteiger partial charge in [-0.1, -0.05) is 13.0 Å². The average molecular weight is 242 g/mol. The van der Waals surface area contributed by atoms with E-state index in [4.69, 9.17) is 5.11 Å². The summed E-state index contributed by atoms with van der Waals surface area (Å²) in [6.07, 6.45) is 0. The van der Waals surface area contributed by atoms with Crippen molar-refractivity contribution >= 4 is 11.8 Å². The summed E-state index contributed by atoms with van der Waals surface area (Å²) in [6, 6.07) is 3.26. The standard InChI is InChI=1S/C12H12F2O3/c1-6(11(15)7(2)12(16)17)10-8(13)4-3-5-9(10)14/h3-7H,1-2H3,(H,16,17). The van der Waals surface area contributed by atoms with E-state index in [-0.39, 0.29) is 5.56 Å². The lowest BCUT2D eigenvalue weighted by molar-refractivity contribution is -0.145. The molecule has 0 aliphatic rings. The van der Waals surface area contributed by atoms with Crippen LogP contribution in [0.4, 0.5) is 8.78 Å². The lowest BCUT2D eigenvalue weighted by Crippen LogP contribution is -2.26. The number of carboxylic acids is 1. The van der Waals surface area contributed by atoms with Crippen molar-refractivity contribution in [2.45, 2.75) is 19.8 Å². The first-order valence-corrected chi connectivity index (χ1v) is 5.06. The molecule has 0 saturated carbocycles. The van der Waals surface area contributed by atoms with Gasteiger partial charge in [-0.15, -0.1) is 0 Å². The minimum Gasteiger partial charge on any atom is -0.481 e. The van der Waals surface area contributed by atoms with E-state index in [0.717, 1.165) is 12.1 Å². The van der Waals surface area contributed by atoms with Crippen LogP contribution in [0.2, 0.25) is 0 Å². The molecule has 2 atom stereocenters. The topological polar surface area (TPSA) is 54.4 Å². The third kappa shape index (κ3) is 2.67. The van der Waals surface area contributed by atoms with Crippen molar-refractivity contribution in [3.05, 3.63) is 35.4 Å². The molecule has 0 aliphatic carbocycles. The summed E-state index contributed by atoms with van der Waals surface area (Å²) in [5, 5.41) is 8.68. The number of carbonyl (C=O) groups excluding carboxylic acids is 1. The molecular weight excluding hydrogens is 230 g/mol. The van der Waals surface area contributed by atoms with Crippen LogP contribution in [0.1, 0.15) is 25.3 Å². The molecule has 0 aromatic heterocycles. The Hall–Kier alpha value is -1.78. The van der Waals surface area contributed by atoms with Crippen molar-refractivity contribution in [2.75, 3.05) is 0 Å². The summed E-state index contributed by atoms with van der Waals surface area (Å²) in [7, 11) is 0. The van der Waals surface area contributed by atoms with E-state index in [0.29, 0.717) is 0 Å². The van der Waals surface area contributed by atoms with Gasteiger partial charge in [0.15, 0.2) is 5.78 Å². The van der Waals surface area contributed by atoms with Gasteiger partial charge in [-0.25, -0.2) is 8.78 Å². The Balaban J connectivity index is 3.09. The second-order valence-corrected chi connectivity index (χ2v) is 3.82. The summed E-state index contributed by atoms with van der Waals surface area (Å²) >= 11 is 0. The molecular formula is C12H12F2O3. The highest BCUT2D eigenvalue weighted by Gasteiger charge is 2.29. The number of carbonyl (C=O) groups is 2. The van der Waals surface area contributed by atoms with E-state index in [1.165, 1.54) is 19.9 Å². The first-order chi connectivity index (χ1) is 7.86.